The number of unbranched alkanes of at least 4 members (excludes halogenated alkanes) is 16. The van der Waals surface area contributed by atoms with Gasteiger partial charge in [-0.1, -0.05) is 115 Å². The molecule has 0 aromatic heterocycles. The van der Waals surface area contributed by atoms with E-state index in [9.17, 15) is 9.36 Å². The molecule has 0 fully saturated rings. The Kier molecular flexibility index (Phi) is 22.8. The van der Waals surface area contributed by atoms with Crippen molar-refractivity contribution in [2.24, 2.45) is 0 Å². The molecule has 0 aliphatic carbocycles. The molecule has 0 aromatic rings. The molecule has 0 bridgehead atoms. The summed E-state index contributed by atoms with van der Waals surface area (Å²) in [5.74, 6) is 0. The summed E-state index contributed by atoms with van der Waals surface area (Å²) in [6.07, 6.45) is 22.8. The van der Waals surface area contributed by atoms with Crippen LogP contribution in [0.5, 0.6) is 0 Å². The van der Waals surface area contributed by atoms with Gasteiger partial charge in [-0.15, -0.1) is 0 Å². The fourth-order valence-corrected chi connectivity index (χ4v) is 4.31. The van der Waals surface area contributed by atoms with Crippen LogP contribution in [0.25, 0.3) is 0 Å². The number of carbonyl (C=O) groups excluding carboxylic acids is 1. The summed E-state index contributed by atoms with van der Waals surface area (Å²) in [4.78, 5) is 11.7. The first-order valence-corrected chi connectivity index (χ1v) is 16.1. The summed E-state index contributed by atoms with van der Waals surface area (Å²) in [6, 6.07) is -0.0555. The van der Waals surface area contributed by atoms with Gasteiger partial charge in [0.15, 0.2) is 0 Å². The largest absolute Gasteiger partial charge is 0.338 e. The highest BCUT2D eigenvalue weighted by molar-refractivity contribution is 8.46. The molecule has 31 heavy (non-hydrogen) atoms. The number of carbonyl (C=O) groups is 1. The molecule has 0 radical (unpaired) electrons. The van der Waals surface area contributed by atoms with E-state index < -0.39 is 6.57 Å². The van der Waals surface area contributed by atoms with Gasteiger partial charge < -0.3 is 15.2 Å². The average molecular weight is 479 g/mol. The first-order valence-electron chi connectivity index (χ1n) is 12.9. The van der Waals surface area contributed by atoms with Gasteiger partial charge in [0.2, 0.25) is 0 Å². The number of hydrogen-bond acceptors (Lipinski definition) is 3. The van der Waals surface area contributed by atoms with Crippen molar-refractivity contribution in [3.8, 4) is 0 Å². The minimum Gasteiger partial charge on any atom is -0.338 e. The number of nitrogens with one attached hydrogen (secondary N) is 2. The van der Waals surface area contributed by atoms with E-state index in [0.717, 1.165) is 38.6 Å². The van der Waals surface area contributed by atoms with Crippen LogP contribution in [0.2, 0.25) is 0 Å². The maximum atomic E-state index is 11.7. The molecule has 0 spiro atoms. The zero-order chi connectivity index (χ0) is 23.0. The van der Waals surface area contributed by atoms with Gasteiger partial charge in [-0.05, 0) is 19.3 Å². The lowest BCUT2D eigenvalue weighted by molar-refractivity contribution is 0.240. The van der Waals surface area contributed by atoms with Crippen molar-refractivity contribution in [2.75, 3.05) is 26.4 Å². The van der Waals surface area contributed by atoms with Crippen molar-refractivity contribution in [3.63, 3.8) is 0 Å². The third kappa shape index (κ3) is 27.8. The number of urea groups is 1. The van der Waals surface area contributed by atoms with Crippen LogP contribution in [-0.2, 0) is 9.09 Å². The zero-order valence-electron chi connectivity index (χ0n) is 20.5. The van der Waals surface area contributed by atoms with Crippen LogP contribution in [0.15, 0.2) is 0 Å². The fourth-order valence-electron chi connectivity index (χ4n) is 3.60. The lowest BCUT2D eigenvalue weighted by Gasteiger charge is -2.08. The third-order valence-corrected chi connectivity index (χ3v) is 6.51. The van der Waals surface area contributed by atoms with Gasteiger partial charge in [-0.25, -0.2) is 4.79 Å². The molecule has 0 rings (SSSR count). The van der Waals surface area contributed by atoms with Gasteiger partial charge in [-0.2, -0.15) is 0 Å². The SMILES string of the molecule is CCCCCCCCCCCCCCCCNC(=O)NCCCCCCOP(C)(=O)S. The molecule has 186 valence electrons. The summed E-state index contributed by atoms with van der Waals surface area (Å²) < 4.78 is 16.4. The van der Waals surface area contributed by atoms with E-state index in [1.54, 1.807) is 0 Å². The van der Waals surface area contributed by atoms with Crippen molar-refractivity contribution in [1.82, 2.24) is 10.6 Å². The molecule has 0 aromatic carbocycles. The standard InChI is InChI=1S/C24H51N2O3PS/c1-3-4-5-6-7-8-9-10-11-12-13-14-15-18-21-25-24(27)26-22-19-16-17-20-23-29-30(2,28)31/h3-23H2,1-2H3,(H,28,31)(H2,25,26,27). The molecule has 7 heteroatoms. The Hall–Kier alpha value is -0.190. The van der Waals surface area contributed by atoms with Crippen LogP contribution in [-0.4, -0.2) is 32.4 Å². The van der Waals surface area contributed by atoms with Crippen LogP contribution < -0.4 is 10.6 Å². The zero-order valence-corrected chi connectivity index (χ0v) is 22.3. The highest BCUT2D eigenvalue weighted by Gasteiger charge is 2.06. The number of thiol groups is 1. The summed E-state index contributed by atoms with van der Waals surface area (Å²) in [7, 11) is 0. The Morgan fingerprint density at radius 2 is 1.03 bits per heavy atom. The Morgan fingerprint density at radius 1 is 0.677 bits per heavy atom. The molecular formula is C24H51N2O3PS. The molecule has 0 heterocycles. The molecule has 0 aliphatic heterocycles. The van der Waals surface area contributed by atoms with Crippen LogP contribution in [0, 0.1) is 0 Å². The quantitative estimate of drug-likeness (QED) is 0.0789. The van der Waals surface area contributed by atoms with Gasteiger partial charge in [0.25, 0.3) is 6.57 Å². The van der Waals surface area contributed by atoms with Gasteiger partial charge in [0, 0.05) is 19.8 Å². The summed E-state index contributed by atoms with van der Waals surface area (Å²) in [5, 5.41) is 5.85. The average Bonchev–Trinajstić information content (AvgIpc) is 2.72. The summed E-state index contributed by atoms with van der Waals surface area (Å²) in [5.41, 5.74) is 0. The lowest BCUT2D eigenvalue weighted by atomic mass is 10.0. The number of rotatable bonds is 23. The van der Waals surface area contributed by atoms with E-state index in [4.69, 9.17) is 4.52 Å². The normalized spacial score (nSPS) is 13.1. The first kappa shape index (κ1) is 30.8. The van der Waals surface area contributed by atoms with Crippen LogP contribution in [0.1, 0.15) is 122 Å². The van der Waals surface area contributed by atoms with Crippen molar-refractivity contribution in [2.45, 2.75) is 122 Å². The Morgan fingerprint density at radius 3 is 1.42 bits per heavy atom. The highest BCUT2D eigenvalue weighted by Crippen LogP contribution is 2.47. The van der Waals surface area contributed by atoms with Crippen LogP contribution >= 0.6 is 18.8 Å². The Bertz CT molecular complexity index is 447. The van der Waals surface area contributed by atoms with Crippen LogP contribution in [0.3, 0.4) is 0 Å². The number of amides is 2. The van der Waals surface area contributed by atoms with Gasteiger partial charge in [-0.3, -0.25) is 4.57 Å². The topological polar surface area (TPSA) is 67.4 Å². The van der Waals surface area contributed by atoms with Gasteiger partial charge >= 0.3 is 6.03 Å². The predicted molar refractivity (Wildman–Crippen MR) is 139 cm³/mol. The van der Waals surface area contributed by atoms with E-state index in [1.807, 2.05) is 0 Å². The lowest BCUT2D eigenvalue weighted by Crippen LogP contribution is -2.36. The van der Waals surface area contributed by atoms with Crippen molar-refractivity contribution in [1.29, 1.82) is 0 Å². The molecule has 0 saturated carbocycles. The van der Waals surface area contributed by atoms with E-state index in [-0.39, 0.29) is 6.03 Å². The van der Waals surface area contributed by atoms with E-state index in [1.165, 1.54) is 90.1 Å². The molecule has 5 nitrogen and oxygen atoms in total. The third-order valence-electron chi connectivity index (χ3n) is 5.50. The van der Waals surface area contributed by atoms with Crippen molar-refractivity contribution < 1.29 is 13.9 Å². The minimum atomic E-state index is -2.64. The van der Waals surface area contributed by atoms with Gasteiger partial charge in [0.05, 0.1) is 6.61 Å². The Balaban J connectivity index is 3.18. The minimum absolute atomic E-state index is 0.0555. The summed E-state index contributed by atoms with van der Waals surface area (Å²) >= 11 is 3.89. The monoisotopic (exact) mass is 478 g/mol. The Labute approximate surface area is 198 Å². The maximum absolute atomic E-state index is 11.7. The first-order chi connectivity index (χ1) is 15.0. The fraction of sp³-hybridized carbons (Fsp3) is 0.958. The van der Waals surface area contributed by atoms with E-state index in [2.05, 4.69) is 29.8 Å². The molecule has 0 saturated heterocycles. The van der Waals surface area contributed by atoms with E-state index >= 15 is 0 Å². The molecule has 2 N–H and O–H groups in total. The van der Waals surface area contributed by atoms with Gasteiger partial charge in [0.1, 0.15) is 0 Å². The second-order valence-corrected chi connectivity index (χ2v) is 12.9. The van der Waals surface area contributed by atoms with Crippen LogP contribution in [0.4, 0.5) is 4.79 Å². The smallest absolute Gasteiger partial charge is 0.314 e. The molecular weight excluding hydrogens is 427 g/mol. The molecule has 2 amide bonds. The van der Waals surface area contributed by atoms with Crippen molar-refractivity contribution >= 4 is 24.9 Å². The molecule has 1 unspecified atom stereocenters. The van der Waals surface area contributed by atoms with Crippen molar-refractivity contribution in [3.05, 3.63) is 0 Å². The molecule has 1 atom stereocenters. The maximum Gasteiger partial charge on any atom is 0.314 e. The predicted octanol–water partition coefficient (Wildman–Crippen LogP) is 8.10. The highest BCUT2D eigenvalue weighted by atomic mass is 32.7. The number of hydrogen-bond donors (Lipinski definition) is 3. The summed E-state index contributed by atoms with van der Waals surface area (Å²) in [6.45, 7) is 3.10. The molecule has 0 aliphatic rings. The second kappa shape index (κ2) is 23.0. The van der Waals surface area contributed by atoms with E-state index in [0.29, 0.717) is 13.2 Å². The second-order valence-electron chi connectivity index (χ2n) is 8.83.